The van der Waals surface area contributed by atoms with Gasteiger partial charge in [0.1, 0.15) is 0 Å². The summed E-state index contributed by atoms with van der Waals surface area (Å²) < 4.78 is 131. The van der Waals surface area contributed by atoms with Gasteiger partial charge in [0.25, 0.3) is 0 Å². The molecule has 2 nitrogen and oxygen atoms in total. The molecular formula is C24H12F10N2S2. The van der Waals surface area contributed by atoms with Gasteiger partial charge in [-0.1, -0.05) is 0 Å². The average Bonchev–Trinajstić information content (AvgIpc) is 3.51. The molecule has 2 aromatic heterocycles. The summed E-state index contributed by atoms with van der Waals surface area (Å²) in [6.07, 6.45) is 4.20. The minimum absolute atomic E-state index is 0.573. The monoisotopic (exact) mass is 582 g/mol. The fourth-order valence-corrected chi connectivity index (χ4v) is 4.18. The van der Waals surface area contributed by atoms with Crippen molar-refractivity contribution in [3.63, 3.8) is 0 Å². The third kappa shape index (κ3) is 5.80. The second-order valence-corrected chi connectivity index (χ2v) is 9.01. The fraction of sp³-hybridized carbons (Fsp3) is 0.0833. The van der Waals surface area contributed by atoms with Crippen LogP contribution in [0.4, 0.5) is 43.9 Å². The van der Waals surface area contributed by atoms with Crippen LogP contribution < -0.4 is 0 Å². The number of aromatic nitrogens is 2. The van der Waals surface area contributed by atoms with Gasteiger partial charge in [-0.2, -0.15) is 0 Å². The zero-order valence-corrected chi connectivity index (χ0v) is 20.6. The van der Waals surface area contributed by atoms with Gasteiger partial charge in [0.15, 0.2) is 46.5 Å². The quantitative estimate of drug-likeness (QED) is 0.137. The summed E-state index contributed by atoms with van der Waals surface area (Å²) in [4.78, 5) is 8.94. The number of hydrogen-bond acceptors (Lipinski definition) is 4. The molecule has 4 rings (SSSR count). The normalized spacial score (nSPS) is 11.5. The Morgan fingerprint density at radius 1 is 0.447 bits per heavy atom. The molecule has 14 heteroatoms. The molecule has 2 aromatic carbocycles. The van der Waals surface area contributed by atoms with E-state index in [-0.39, 0.29) is 0 Å². The molecule has 0 N–H and O–H groups in total. The third-order valence-electron chi connectivity index (χ3n) is 4.86. The molecule has 0 atom stereocenters. The molecule has 0 aliphatic carbocycles. The fourth-order valence-electron chi connectivity index (χ4n) is 2.80. The van der Waals surface area contributed by atoms with E-state index in [1.54, 1.807) is 13.8 Å². The molecule has 0 aliphatic heterocycles. The molecule has 0 amide bonds. The Balaban J connectivity index is 0.000000211. The van der Waals surface area contributed by atoms with E-state index < -0.39 is 69.3 Å². The van der Waals surface area contributed by atoms with Crippen molar-refractivity contribution in [1.29, 1.82) is 0 Å². The highest BCUT2D eigenvalue weighted by molar-refractivity contribution is 7.11. The molecule has 0 aliphatic rings. The first kappa shape index (κ1) is 29.0. The molecule has 0 unspecified atom stereocenters. The number of rotatable bonds is 4. The van der Waals surface area contributed by atoms with Crippen LogP contribution in [0.15, 0.2) is 11.0 Å². The zero-order chi connectivity index (χ0) is 28.3. The predicted molar refractivity (Wildman–Crippen MR) is 124 cm³/mol. The summed E-state index contributed by atoms with van der Waals surface area (Å²) in [7, 11) is 0. The lowest BCUT2D eigenvalue weighted by Crippen LogP contribution is -2.03. The molecule has 0 bridgehead atoms. The Bertz CT molecular complexity index is 1380. The van der Waals surface area contributed by atoms with E-state index in [4.69, 9.17) is 0 Å². The van der Waals surface area contributed by atoms with E-state index in [0.29, 0.717) is 21.1 Å². The number of nitrogens with zero attached hydrogens (tertiary/aromatic N) is 2. The van der Waals surface area contributed by atoms with Crippen molar-refractivity contribution in [3.8, 4) is 0 Å². The van der Waals surface area contributed by atoms with Gasteiger partial charge in [-0.25, -0.2) is 53.9 Å². The van der Waals surface area contributed by atoms with Crippen LogP contribution in [0.5, 0.6) is 0 Å². The topological polar surface area (TPSA) is 25.8 Å². The van der Waals surface area contributed by atoms with Crippen molar-refractivity contribution < 1.29 is 43.9 Å². The van der Waals surface area contributed by atoms with Gasteiger partial charge in [0.05, 0.1) is 33.5 Å². The van der Waals surface area contributed by atoms with E-state index in [2.05, 4.69) is 9.97 Å². The Morgan fingerprint density at radius 3 is 0.947 bits per heavy atom. The predicted octanol–water partition coefficient (Wildman–Crippen LogP) is 8.63. The standard InChI is InChI=1S/2C12H6F5NS/c2*1-5-7(19-4-18-5)3-2-6-8(13)10(15)12(17)11(16)9(6)14/h2*2-4H,1H3/b2*3-2+. The first-order valence-corrected chi connectivity index (χ1v) is 11.8. The summed E-state index contributed by atoms with van der Waals surface area (Å²) >= 11 is 2.38. The van der Waals surface area contributed by atoms with Crippen LogP contribution in [-0.2, 0) is 0 Å². The molecule has 38 heavy (non-hydrogen) atoms. The van der Waals surface area contributed by atoms with E-state index in [1.807, 2.05) is 0 Å². The number of halogens is 10. The lowest BCUT2D eigenvalue weighted by Gasteiger charge is -2.03. The lowest BCUT2D eigenvalue weighted by molar-refractivity contribution is 0.377. The van der Waals surface area contributed by atoms with Crippen LogP contribution in [-0.4, -0.2) is 9.97 Å². The summed E-state index contributed by atoms with van der Waals surface area (Å²) in [5, 5.41) is 0. The molecular weight excluding hydrogens is 570 g/mol. The van der Waals surface area contributed by atoms with Crippen LogP contribution in [0.2, 0.25) is 0 Å². The molecule has 200 valence electrons. The smallest absolute Gasteiger partial charge is 0.200 e. The van der Waals surface area contributed by atoms with E-state index in [1.165, 1.54) is 45.8 Å². The SMILES string of the molecule is Cc1ncsc1/C=C/c1c(F)c(F)c(F)c(F)c1F.Cc1ncsc1/C=C/c1c(F)c(F)c(F)c(F)c1F. The maximum atomic E-state index is 13.3. The highest BCUT2D eigenvalue weighted by Gasteiger charge is 2.25. The number of hydrogen-bond donors (Lipinski definition) is 0. The van der Waals surface area contributed by atoms with Crippen LogP contribution in [0, 0.1) is 72.0 Å². The molecule has 0 saturated heterocycles. The van der Waals surface area contributed by atoms with Crippen molar-refractivity contribution in [2.75, 3.05) is 0 Å². The Kier molecular flexibility index (Phi) is 9.09. The summed E-state index contributed by atoms with van der Waals surface area (Å²) in [5.41, 5.74) is 2.28. The highest BCUT2D eigenvalue weighted by Crippen LogP contribution is 2.27. The molecule has 0 saturated carbocycles. The average molecular weight is 582 g/mol. The van der Waals surface area contributed by atoms with E-state index in [9.17, 15) is 43.9 Å². The molecule has 0 fully saturated rings. The van der Waals surface area contributed by atoms with Crippen LogP contribution in [0.1, 0.15) is 32.3 Å². The Morgan fingerprint density at radius 2 is 0.711 bits per heavy atom. The van der Waals surface area contributed by atoms with Gasteiger partial charge >= 0.3 is 0 Å². The minimum Gasteiger partial charge on any atom is -0.249 e. The summed E-state index contributed by atoms with van der Waals surface area (Å²) in [6.45, 7) is 3.32. The van der Waals surface area contributed by atoms with Crippen LogP contribution >= 0.6 is 22.7 Å². The maximum absolute atomic E-state index is 13.3. The maximum Gasteiger partial charge on any atom is 0.200 e. The van der Waals surface area contributed by atoms with E-state index >= 15 is 0 Å². The van der Waals surface area contributed by atoms with Crippen molar-refractivity contribution >= 4 is 47.0 Å². The summed E-state index contributed by atoms with van der Waals surface area (Å²) in [5.74, 6) is -19.6. The first-order valence-electron chi connectivity index (χ1n) is 10.1. The first-order chi connectivity index (χ1) is 17.9. The van der Waals surface area contributed by atoms with Gasteiger partial charge in [0.2, 0.25) is 11.6 Å². The van der Waals surface area contributed by atoms with Crippen molar-refractivity contribution in [3.05, 3.63) is 101 Å². The van der Waals surface area contributed by atoms with Gasteiger partial charge < -0.3 is 0 Å². The number of thiazole rings is 2. The van der Waals surface area contributed by atoms with Crippen LogP contribution in [0.3, 0.4) is 0 Å². The second-order valence-electron chi connectivity index (χ2n) is 7.24. The number of benzene rings is 2. The Labute approximate surface area is 216 Å². The molecule has 2 heterocycles. The molecule has 0 radical (unpaired) electrons. The van der Waals surface area contributed by atoms with Gasteiger partial charge in [-0.05, 0) is 38.2 Å². The third-order valence-corrected chi connectivity index (χ3v) is 6.65. The van der Waals surface area contributed by atoms with E-state index in [0.717, 1.165) is 12.2 Å². The van der Waals surface area contributed by atoms with Crippen molar-refractivity contribution in [1.82, 2.24) is 9.97 Å². The molecule has 4 aromatic rings. The second kappa shape index (κ2) is 11.9. The van der Waals surface area contributed by atoms with Gasteiger partial charge in [-0.3, -0.25) is 0 Å². The number of aryl methyl sites for hydroxylation is 2. The van der Waals surface area contributed by atoms with Gasteiger partial charge in [-0.15, -0.1) is 22.7 Å². The van der Waals surface area contributed by atoms with Crippen molar-refractivity contribution in [2.24, 2.45) is 0 Å². The largest absolute Gasteiger partial charge is 0.249 e. The van der Waals surface area contributed by atoms with Crippen molar-refractivity contribution in [2.45, 2.75) is 13.8 Å². The lowest BCUT2D eigenvalue weighted by atomic mass is 10.1. The minimum atomic E-state index is -2.17. The van der Waals surface area contributed by atoms with Gasteiger partial charge in [0, 0.05) is 9.75 Å². The zero-order valence-electron chi connectivity index (χ0n) is 19.0. The Hall–Kier alpha value is -3.52. The highest BCUT2D eigenvalue weighted by atomic mass is 32.1. The molecule has 0 spiro atoms. The summed E-state index contributed by atoms with van der Waals surface area (Å²) in [6, 6.07) is 0. The van der Waals surface area contributed by atoms with Crippen LogP contribution in [0.25, 0.3) is 24.3 Å².